The molecule has 3 heteroatoms. The molecule has 0 aromatic carbocycles. The monoisotopic (exact) mass is 218 g/mol. The Hall–Kier alpha value is -1.11. The van der Waals surface area contributed by atoms with Gasteiger partial charge in [0.25, 0.3) is 0 Å². The van der Waals surface area contributed by atoms with E-state index in [-0.39, 0.29) is 0 Å². The van der Waals surface area contributed by atoms with Crippen LogP contribution in [0, 0.1) is 18.8 Å². The molecule has 2 nitrogen and oxygen atoms in total. The zero-order valence-corrected chi connectivity index (χ0v) is 9.66. The molecule has 0 spiro atoms. The molecule has 2 heterocycles. The Morgan fingerprint density at radius 1 is 1.47 bits per heavy atom. The Morgan fingerprint density at radius 3 is 2.93 bits per heavy atom. The van der Waals surface area contributed by atoms with Crippen LogP contribution in [0.1, 0.15) is 23.5 Å². The van der Waals surface area contributed by atoms with E-state index in [0.717, 1.165) is 36.6 Å². The quantitative estimate of drug-likeness (QED) is 0.675. The third-order valence-electron chi connectivity index (χ3n) is 2.34. The van der Waals surface area contributed by atoms with E-state index in [1.165, 1.54) is 5.57 Å². The third-order valence-corrected chi connectivity index (χ3v) is 3.11. The van der Waals surface area contributed by atoms with E-state index in [0.29, 0.717) is 0 Å². The van der Waals surface area contributed by atoms with Crippen LogP contribution < -0.4 is 5.32 Å². The molecule has 0 amide bonds. The van der Waals surface area contributed by atoms with Crippen molar-refractivity contribution in [2.75, 3.05) is 13.1 Å². The average Bonchev–Trinajstić information content (AvgIpc) is 2.66. The van der Waals surface area contributed by atoms with E-state index in [4.69, 9.17) is 0 Å². The molecule has 1 aliphatic rings. The molecule has 0 radical (unpaired) electrons. The van der Waals surface area contributed by atoms with Crippen molar-refractivity contribution < 1.29 is 0 Å². The zero-order chi connectivity index (χ0) is 10.5. The largest absolute Gasteiger partial charge is 0.316 e. The maximum atomic E-state index is 4.30. The van der Waals surface area contributed by atoms with Crippen molar-refractivity contribution in [3.8, 4) is 11.8 Å². The summed E-state index contributed by atoms with van der Waals surface area (Å²) in [6.07, 6.45) is 4.31. The molecule has 0 unspecified atom stereocenters. The van der Waals surface area contributed by atoms with Gasteiger partial charge in [-0.05, 0) is 44.9 Å². The number of hydrogen-bond donors (Lipinski definition) is 1. The van der Waals surface area contributed by atoms with E-state index in [1.54, 1.807) is 11.3 Å². The van der Waals surface area contributed by atoms with Crippen LogP contribution in [0.25, 0.3) is 0 Å². The van der Waals surface area contributed by atoms with Gasteiger partial charge in [-0.15, -0.1) is 11.3 Å². The van der Waals surface area contributed by atoms with Crippen molar-refractivity contribution in [1.29, 1.82) is 0 Å². The fourth-order valence-electron chi connectivity index (χ4n) is 1.53. The first-order valence-corrected chi connectivity index (χ1v) is 6.05. The summed E-state index contributed by atoms with van der Waals surface area (Å²) in [5, 5.41) is 6.41. The number of aromatic nitrogens is 1. The predicted octanol–water partition coefficient (Wildman–Crippen LogP) is 2.11. The van der Waals surface area contributed by atoms with Gasteiger partial charge in [-0.25, -0.2) is 4.98 Å². The highest BCUT2D eigenvalue weighted by atomic mass is 32.1. The lowest BCUT2D eigenvalue weighted by Gasteiger charge is -2.13. The van der Waals surface area contributed by atoms with E-state index in [2.05, 4.69) is 28.2 Å². The van der Waals surface area contributed by atoms with Crippen molar-refractivity contribution >= 4 is 11.3 Å². The highest BCUT2D eigenvalue weighted by Crippen LogP contribution is 2.09. The summed E-state index contributed by atoms with van der Waals surface area (Å²) in [5.74, 6) is 6.15. The van der Waals surface area contributed by atoms with Crippen molar-refractivity contribution in [1.82, 2.24) is 10.3 Å². The zero-order valence-electron chi connectivity index (χ0n) is 8.84. The second-order valence-electron chi connectivity index (χ2n) is 3.57. The van der Waals surface area contributed by atoms with Crippen LogP contribution in [-0.4, -0.2) is 18.1 Å². The summed E-state index contributed by atoms with van der Waals surface area (Å²) in [6, 6.07) is 0. The van der Waals surface area contributed by atoms with Crippen LogP contribution >= 0.6 is 11.3 Å². The Morgan fingerprint density at radius 2 is 2.27 bits per heavy atom. The molecule has 0 aliphatic carbocycles. The summed E-state index contributed by atoms with van der Waals surface area (Å²) >= 11 is 1.65. The predicted molar refractivity (Wildman–Crippen MR) is 63.9 cm³/mol. The van der Waals surface area contributed by atoms with Gasteiger partial charge in [-0.3, -0.25) is 0 Å². The van der Waals surface area contributed by atoms with Gasteiger partial charge in [-0.2, -0.15) is 0 Å². The number of nitrogens with one attached hydrogen (secondary N) is 1. The topological polar surface area (TPSA) is 24.9 Å². The van der Waals surface area contributed by atoms with E-state index in [9.17, 15) is 0 Å². The van der Waals surface area contributed by atoms with Gasteiger partial charge in [0.05, 0.1) is 5.01 Å². The number of hydrogen-bond acceptors (Lipinski definition) is 3. The molecule has 78 valence electrons. The van der Waals surface area contributed by atoms with Crippen LogP contribution in [0.15, 0.2) is 17.0 Å². The second-order valence-corrected chi connectivity index (χ2v) is 4.64. The lowest BCUT2D eigenvalue weighted by atomic mass is 10.1. The molecule has 1 aliphatic heterocycles. The molecule has 0 saturated carbocycles. The highest BCUT2D eigenvalue weighted by molar-refractivity contribution is 7.09. The molecule has 1 N–H and O–H groups in total. The number of allylic oxidation sites excluding steroid dienone is 1. The van der Waals surface area contributed by atoms with Gasteiger partial charge in [0.2, 0.25) is 0 Å². The lowest BCUT2D eigenvalue weighted by Crippen LogP contribution is -2.22. The minimum Gasteiger partial charge on any atom is -0.316 e. The van der Waals surface area contributed by atoms with Crippen LogP contribution in [0.2, 0.25) is 0 Å². The summed E-state index contributed by atoms with van der Waals surface area (Å²) in [5.41, 5.74) is 2.34. The molecular formula is C12H14N2S. The average molecular weight is 218 g/mol. The van der Waals surface area contributed by atoms with Crippen LogP contribution in [0.3, 0.4) is 0 Å². The first-order chi connectivity index (χ1) is 7.34. The number of piperidine rings is 1. The molecular weight excluding hydrogens is 204 g/mol. The first kappa shape index (κ1) is 10.4. The summed E-state index contributed by atoms with van der Waals surface area (Å²) in [6.45, 7) is 4.17. The molecule has 0 bridgehead atoms. The molecule has 1 aromatic heterocycles. The van der Waals surface area contributed by atoms with Crippen molar-refractivity contribution in [2.24, 2.45) is 0 Å². The van der Waals surface area contributed by atoms with Crippen LogP contribution in [-0.2, 0) is 0 Å². The van der Waals surface area contributed by atoms with E-state index in [1.807, 2.05) is 12.3 Å². The number of nitrogens with zero attached hydrogens (tertiary/aromatic N) is 1. The minimum atomic E-state index is 0.892. The summed E-state index contributed by atoms with van der Waals surface area (Å²) < 4.78 is 0. The fraction of sp³-hybridized carbons (Fsp3) is 0.417. The van der Waals surface area contributed by atoms with Gasteiger partial charge in [0, 0.05) is 5.38 Å². The lowest BCUT2D eigenvalue weighted by molar-refractivity contribution is 0.610. The Kier molecular flexibility index (Phi) is 3.54. The molecule has 1 saturated heterocycles. The smallest absolute Gasteiger partial charge is 0.124 e. The third kappa shape index (κ3) is 3.19. The Bertz CT molecular complexity index is 412. The molecule has 0 atom stereocenters. The number of rotatable bonds is 0. The SMILES string of the molecule is Cc1nc(C#CC=C2CCNCC2)cs1. The number of thiazole rings is 1. The van der Waals surface area contributed by atoms with Gasteiger partial charge in [0.1, 0.15) is 5.69 Å². The Labute approximate surface area is 94.4 Å². The van der Waals surface area contributed by atoms with Crippen LogP contribution in [0.5, 0.6) is 0 Å². The summed E-state index contributed by atoms with van der Waals surface area (Å²) in [7, 11) is 0. The fourth-order valence-corrected chi connectivity index (χ4v) is 2.07. The second kappa shape index (κ2) is 5.11. The molecule has 1 aromatic rings. The Balaban J connectivity index is 1.99. The molecule has 1 fully saturated rings. The molecule has 2 rings (SSSR count). The van der Waals surface area contributed by atoms with Gasteiger partial charge < -0.3 is 5.32 Å². The van der Waals surface area contributed by atoms with Gasteiger partial charge in [-0.1, -0.05) is 11.5 Å². The van der Waals surface area contributed by atoms with Crippen LogP contribution in [0.4, 0.5) is 0 Å². The normalized spacial score (nSPS) is 15.7. The van der Waals surface area contributed by atoms with Gasteiger partial charge >= 0.3 is 0 Å². The summed E-state index contributed by atoms with van der Waals surface area (Å²) in [4.78, 5) is 4.30. The molecule has 15 heavy (non-hydrogen) atoms. The highest BCUT2D eigenvalue weighted by Gasteiger charge is 2.02. The van der Waals surface area contributed by atoms with Gasteiger partial charge in [0.15, 0.2) is 0 Å². The first-order valence-electron chi connectivity index (χ1n) is 5.17. The maximum absolute atomic E-state index is 4.30. The number of aryl methyl sites for hydroxylation is 1. The minimum absolute atomic E-state index is 0.892. The van der Waals surface area contributed by atoms with E-state index < -0.39 is 0 Å². The standard InChI is InChI=1S/C12H14N2S/c1-10-14-12(9-15-10)4-2-3-11-5-7-13-8-6-11/h3,9,13H,5-8H2,1H3. The van der Waals surface area contributed by atoms with Crippen molar-refractivity contribution in [3.05, 3.63) is 27.7 Å². The van der Waals surface area contributed by atoms with Crippen molar-refractivity contribution in [2.45, 2.75) is 19.8 Å². The maximum Gasteiger partial charge on any atom is 0.124 e. The van der Waals surface area contributed by atoms with E-state index >= 15 is 0 Å². The van der Waals surface area contributed by atoms with Crippen molar-refractivity contribution in [3.63, 3.8) is 0 Å².